The molecule has 1 aliphatic carbocycles. The summed E-state index contributed by atoms with van der Waals surface area (Å²) in [6.07, 6.45) is 6.21. The lowest BCUT2D eigenvalue weighted by atomic mass is 10.1. The van der Waals surface area contributed by atoms with Crippen LogP contribution >= 0.6 is 0 Å². The van der Waals surface area contributed by atoms with E-state index in [0.29, 0.717) is 12.1 Å². The topological polar surface area (TPSA) is 55.6 Å². The summed E-state index contributed by atoms with van der Waals surface area (Å²) in [5.74, 6) is 0.978. The maximum absolute atomic E-state index is 4.07. The largest absolute Gasteiger partial charge is 0.307 e. The van der Waals surface area contributed by atoms with Crippen LogP contribution in [0.5, 0.6) is 0 Å². The van der Waals surface area contributed by atoms with Crippen molar-refractivity contribution in [1.29, 1.82) is 0 Å². The molecule has 0 saturated heterocycles. The third kappa shape index (κ3) is 3.01. The van der Waals surface area contributed by atoms with E-state index in [1.165, 1.54) is 32.1 Å². The van der Waals surface area contributed by atoms with Crippen molar-refractivity contribution in [3.05, 3.63) is 5.82 Å². The Kier molecular flexibility index (Phi) is 3.88. The van der Waals surface area contributed by atoms with E-state index in [0.717, 1.165) is 12.4 Å². The van der Waals surface area contributed by atoms with E-state index in [9.17, 15) is 0 Å². The highest BCUT2D eigenvalue weighted by molar-refractivity contribution is 4.90. The summed E-state index contributed by atoms with van der Waals surface area (Å²) in [5.41, 5.74) is 0. The van der Waals surface area contributed by atoms with Crippen molar-refractivity contribution in [3.63, 3.8) is 0 Å². The van der Waals surface area contributed by atoms with Crippen molar-refractivity contribution in [2.45, 2.75) is 64.6 Å². The number of unbranched alkanes of at least 4 members (excludes halogenated alkanes) is 1. The molecule has 1 fully saturated rings. The first-order valence-corrected chi connectivity index (χ1v) is 6.31. The molecule has 1 heterocycles. The van der Waals surface area contributed by atoms with Crippen LogP contribution in [-0.2, 0) is 6.54 Å². The normalized spacial score (nSPS) is 17.6. The van der Waals surface area contributed by atoms with Crippen molar-refractivity contribution in [2.24, 2.45) is 0 Å². The fourth-order valence-electron chi connectivity index (χ4n) is 1.81. The first-order valence-electron chi connectivity index (χ1n) is 6.31. The van der Waals surface area contributed by atoms with Crippen LogP contribution < -0.4 is 5.32 Å². The van der Waals surface area contributed by atoms with Gasteiger partial charge >= 0.3 is 0 Å². The monoisotopic (exact) mass is 223 g/mol. The number of aromatic nitrogens is 4. The zero-order chi connectivity index (χ0) is 11.4. The molecule has 1 saturated carbocycles. The highest BCUT2D eigenvalue weighted by Gasteiger charge is 2.27. The first-order chi connectivity index (χ1) is 7.81. The molecule has 2 rings (SSSR count). The molecule has 0 aliphatic heterocycles. The van der Waals surface area contributed by atoms with Gasteiger partial charge in [-0.15, -0.1) is 5.10 Å². The van der Waals surface area contributed by atoms with Crippen molar-refractivity contribution in [1.82, 2.24) is 25.5 Å². The molecule has 1 N–H and O–H groups in total. The molecule has 0 amide bonds. The van der Waals surface area contributed by atoms with Gasteiger partial charge < -0.3 is 5.32 Å². The fourth-order valence-corrected chi connectivity index (χ4v) is 1.81. The second kappa shape index (κ2) is 5.39. The summed E-state index contributed by atoms with van der Waals surface area (Å²) < 4.78 is 1.97. The minimum Gasteiger partial charge on any atom is -0.307 e. The van der Waals surface area contributed by atoms with E-state index < -0.39 is 0 Å². The summed E-state index contributed by atoms with van der Waals surface area (Å²) >= 11 is 0. The smallest absolute Gasteiger partial charge is 0.165 e. The van der Waals surface area contributed by atoms with Gasteiger partial charge in [0, 0.05) is 6.04 Å². The Bertz CT molecular complexity index is 318. The van der Waals surface area contributed by atoms with Gasteiger partial charge in [-0.1, -0.05) is 19.8 Å². The summed E-state index contributed by atoms with van der Waals surface area (Å²) in [5, 5.41) is 15.3. The van der Waals surface area contributed by atoms with E-state index in [4.69, 9.17) is 0 Å². The Balaban J connectivity index is 1.77. The van der Waals surface area contributed by atoms with Gasteiger partial charge in [0.2, 0.25) is 0 Å². The summed E-state index contributed by atoms with van der Waals surface area (Å²) in [6.45, 7) is 5.23. The molecule has 0 aromatic carbocycles. The van der Waals surface area contributed by atoms with Crippen molar-refractivity contribution in [3.8, 4) is 0 Å². The molecule has 0 radical (unpaired) electrons. The highest BCUT2D eigenvalue weighted by Crippen LogP contribution is 2.34. The van der Waals surface area contributed by atoms with Crippen LogP contribution in [0.15, 0.2) is 0 Å². The number of hydrogen-bond donors (Lipinski definition) is 1. The van der Waals surface area contributed by atoms with Gasteiger partial charge in [0.05, 0.1) is 12.6 Å². The van der Waals surface area contributed by atoms with E-state index >= 15 is 0 Å². The van der Waals surface area contributed by atoms with Gasteiger partial charge in [0.1, 0.15) is 0 Å². The number of nitrogens with one attached hydrogen (secondary N) is 1. The summed E-state index contributed by atoms with van der Waals surface area (Å²) in [7, 11) is 0. The van der Waals surface area contributed by atoms with E-state index in [1.54, 1.807) is 0 Å². The van der Waals surface area contributed by atoms with Gasteiger partial charge in [0.15, 0.2) is 5.82 Å². The van der Waals surface area contributed by atoms with Crippen LogP contribution in [-0.4, -0.2) is 26.2 Å². The molecule has 1 unspecified atom stereocenters. The van der Waals surface area contributed by atoms with Gasteiger partial charge in [0.25, 0.3) is 0 Å². The Morgan fingerprint density at radius 3 is 3.00 bits per heavy atom. The number of rotatable bonds is 7. The Hall–Kier alpha value is -0.970. The molecule has 5 heteroatoms. The number of hydrogen-bond acceptors (Lipinski definition) is 4. The molecule has 5 nitrogen and oxygen atoms in total. The maximum Gasteiger partial charge on any atom is 0.165 e. The lowest BCUT2D eigenvalue weighted by molar-refractivity contribution is 0.470. The third-order valence-corrected chi connectivity index (χ3v) is 3.05. The Morgan fingerprint density at radius 1 is 1.50 bits per heavy atom. The van der Waals surface area contributed by atoms with Gasteiger partial charge in [-0.25, -0.2) is 4.68 Å². The molecular weight excluding hydrogens is 202 g/mol. The molecule has 1 atom stereocenters. The molecule has 0 bridgehead atoms. The lowest BCUT2D eigenvalue weighted by Gasteiger charge is -2.12. The average Bonchev–Trinajstić information content (AvgIpc) is 3.03. The minimum atomic E-state index is 0.546. The lowest BCUT2D eigenvalue weighted by Crippen LogP contribution is -2.27. The third-order valence-electron chi connectivity index (χ3n) is 3.05. The molecule has 1 aromatic rings. The summed E-state index contributed by atoms with van der Waals surface area (Å²) in [4.78, 5) is 0. The van der Waals surface area contributed by atoms with Crippen LogP contribution in [0, 0.1) is 0 Å². The molecule has 1 aliphatic rings. The van der Waals surface area contributed by atoms with Crippen molar-refractivity contribution >= 4 is 0 Å². The predicted molar refractivity (Wildman–Crippen MR) is 61.9 cm³/mol. The van der Waals surface area contributed by atoms with Crippen LogP contribution in [0.1, 0.15) is 57.8 Å². The highest BCUT2D eigenvalue weighted by atomic mass is 15.6. The quantitative estimate of drug-likeness (QED) is 0.764. The maximum atomic E-state index is 4.07. The second-order valence-corrected chi connectivity index (χ2v) is 4.70. The van der Waals surface area contributed by atoms with Crippen molar-refractivity contribution < 1.29 is 0 Å². The van der Waals surface area contributed by atoms with Crippen LogP contribution in [0.4, 0.5) is 0 Å². The zero-order valence-corrected chi connectivity index (χ0v) is 10.2. The van der Waals surface area contributed by atoms with E-state index in [1.807, 2.05) is 4.68 Å². The first kappa shape index (κ1) is 11.5. The molecule has 16 heavy (non-hydrogen) atoms. The van der Waals surface area contributed by atoms with Gasteiger partial charge in [-0.2, -0.15) is 0 Å². The Labute approximate surface area is 96.6 Å². The number of tetrazole rings is 1. The summed E-state index contributed by atoms with van der Waals surface area (Å²) in [6, 6.07) is 1.11. The molecule has 1 aromatic heterocycles. The second-order valence-electron chi connectivity index (χ2n) is 4.70. The van der Waals surface area contributed by atoms with Crippen LogP contribution in [0.2, 0.25) is 0 Å². The van der Waals surface area contributed by atoms with Crippen LogP contribution in [0.25, 0.3) is 0 Å². The zero-order valence-electron chi connectivity index (χ0n) is 10.2. The number of nitrogens with zero attached hydrogens (tertiary/aromatic N) is 4. The molecule has 0 spiro atoms. The van der Waals surface area contributed by atoms with Gasteiger partial charge in [-0.05, 0) is 36.6 Å². The molecule has 90 valence electrons. The van der Waals surface area contributed by atoms with Crippen LogP contribution in [0.3, 0.4) is 0 Å². The van der Waals surface area contributed by atoms with Crippen molar-refractivity contribution in [2.75, 3.05) is 0 Å². The van der Waals surface area contributed by atoms with E-state index in [-0.39, 0.29) is 0 Å². The Morgan fingerprint density at radius 2 is 2.31 bits per heavy atom. The standard InChI is InChI=1S/C11H21N5/c1-3-4-5-9(2)12-8-11-13-14-15-16(11)10-6-7-10/h9-10,12H,3-8H2,1-2H3. The average molecular weight is 223 g/mol. The molecular formula is C11H21N5. The van der Waals surface area contributed by atoms with E-state index in [2.05, 4.69) is 34.7 Å². The fraction of sp³-hybridized carbons (Fsp3) is 0.909. The predicted octanol–water partition coefficient (Wildman–Crippen LogP) is 1.68. The minimum absolute atomic E-state index is 0.546. The SMILES string of the molecule is CCCCC(C)NCc1nnnn1C1CC1. The van der Waals surface area contributed by atoms with Gasteiger partial charge in [-0.3, -0.25) is 0 Å².